The minimum Gasteiger partial charge on any atom is -0.495 e. The van der Waals surface area contributed by atoms with E-state index in [9.17, 15) is 4.79 Å². The van der Waals surface area contributed by atoms with E-state index in [4.69, 9.17) is 4.74 Å². The van der Waals surface area contributed by atoms with Crippen LogP contribution in [0.25, 0.3) is 0 Å². The minimum absolute atomic E-state index is 0.139. The van der Waals surface area contributed by atoms with E-state index in [1.165, 1.54) is 0 Å². The Morgan fingerprint density at radius 1 is 1.12 bits per heavy atom. The number of benzene rings is 1. The van der Waals surface area contributed by atoms with Crippen LogP contribution >= 0.6 is 0 Å². The molecule has 2 aromatic heterocycles. The lowest BCUT2D eigenvalue weighted by Gasteiger charge is -2.15. The average Bonchev–Trinajstić information content (AvgIpc) is 3.11. The minimum atomic E-state index is -0.266. The Bertz CT molecular complexity index is 904. The summed E-state index contributed by atoms with van der Waals surface area (Å²) in [5.74, 6) is 1.49. The Kier molecular flexibility index (Phi) is 5.17. The normalized spacial score (nSPS) is 10.6. The first kappa shape index (κ1) is 17.5. The van der Waals surface area contributed by atoms with E-state index in [1.54, 1.807) is 42.4 Å². The van der Waals surface area contributed by atoms with Crippen LogP contribution in [0.3, 0.4) is 0 Å². The monoisotopic (exact) mass is 351 g/mol. The molecule has 0 bridgehead atoms. The van der Waals surface area contributed by atoms with Crippen molar-refractivity contribution in [3.8, 4) is 5.75 Å². The second-order valence-corrected chi connectivity index (χ2v) is 5.93. The van der Waals surface area contributed by atoms with Crippen LogP contribution < -0.4 is 15.4 Å². The SMILES string of the molecule is COc1ccccc1Nc1ncccc1C(=O)Nc1ccnn1C(C)C. The molecule has 0 aliphatic heterocycles. The highest BCUT2D eigenvalue weighted by Gasteiger charge is 2.16. The highest BCUT2D eigenvalue weighted by atomic mass is 16.5. The zero-order valence-electron chi connectivity index (χ0n) is 14.9. The van der Waals surface area contributed by atoms with Gasteiger partial charge in [0.05, 0.1) is 24.6 Å². The lowest BCUT2D eigenvalue weighted by molar-refractivity contribution is 0.102. The lowest BCUT2D eigenvalue weighted by Crippen LogP contribution is -2.18. The quantitative estimate of drug-likeness (QED) is 0.705. The maximum Gasteiger partial charge on any atom is 0.260 e. The van der Waals surface area contributed by atoms with Gasteiger partial charge in [0.1, 0.15) is 17.4 Å². The molecule has 7 heteroatoms. The van der Waals surface area contributed by atoms with Gasteiger partial charge < -0.3 is 15.4 Å². The maximum absolute atomic E-state index is 12.8. The lowest BCUT2D eigenvalue weighted by atomic mass is 10.2. The van der Waals surface area contributed by atoms with Crippen LogP contribution in [0.1, 0.15) is 30.2 Å². The second-order valence-electron chi connectivity index (χ2n) is 5.93. The molecule has 0 saturated heterocycles. The number of anilines is 3. The van der Waals surface area contributed by atoms with Gasteiger partial charge in [-0.2, -0.15) is 5.10 Å². The van der Waals surface area contributed by atoms with Gasteiger partial charge in [-0.3, -0.25) is 4.79 Å². The van der Waals surface area contributed by atoms with Crippen molar-refractivity contribution in [1.29, 1.82) is 0 Å². The van der Waals surface area contributed by atoms with Crippen molar-refractivity contribution in [3.63, 3.8) is 0 Å². The number of ether oxygens (including phenoxy) is 1. The van der Waals surface area contributed by atoms with Crippen molar-refractivity contribution >= 4 is 23.2 Å². The van der Waals surface area contributed by atoms with Crippen molar-refractivity contribution in [2.24, 2.45) is 0 Å². The molecule has 0 aliphatic carbocycles. The van der Waals surface area contributed by atoms with Gasteiger partial charge in [0.25, 0.3) is 5.91 Å². The highest BCUT2D eigenvalue weighted by molar-refractivity contribution is 6.07. The summed E-state index contributed by atoms with van der Waals surface area (Å²) >= 11 is 0. The number of para-hydroxylation sites is 2. The molecule has 2 heterocycles. The molecule has 0 spiro atoms. The van der Waals surface area contributed by atoms with Crippen molar-refractivity contribution in [3.05, 3.63) is 60.4 Å². The molecule has 1 amide bonds. The third kappa shape index (κ3) is 3.66. The molecule has 26 heavy (non-hydrogen) atoms. The zero-order valence-corrected chi connectivity index (χ0v) is 14.9. The Balaban J connectivity index is 1.87. The van der Waals surface area contributed by atoms with Gasteiger partial charge in [0.15, 0.2) is 0 Å². The molecule has 134 valence electrons. The smallest absolute Gasteiger partial charge is 0.260 e. The number of pyridine rings is 1. The predicted molar refractivity (Wildman–Crippen MR) is 101 cm³/mol. The van der Waals surface area contributed by atoms with Gasteiger partial charge in [-0.05, 0) is 38.1 Å². The number of nitrogens with zero attached hydrogens (tertiary/aromatic N) is 3. The maximum atomic E-state index is 12.8. The molecule has 3 rings (SSSR count). The number of carbonyl (C=O) groups excluding carboxylic acids is 1. The van der Waals surface area contributed by atoms with Crippen molar-refractivity contribution < 1.29 is 9.53 Å². The topological polar surface area (TPSA) is 81.1 Å². The van der Waals surface area contributed by atoms with Gasteiger partial charge >= 0.3 is 0 Å². The molecule has 2 N–H and O–H groups in total. The van der Waals surface area contributed by atoms with E-state index in [0.717, 1.165) is 5.69 Å². The molecule has 0 radical (unpaired) electrons. The molecule has 7 nitrogen and oxygen atoms in total. The first-order valence-corrected chi connectivity index (χ1v) is 8.30. The largest absolute Gasteiger partial charge is 0.495 e. The summed E-state index contributed by atoms with van der Waals surface area (Å²) in [4.78, 5) is 17.1. The van der Waals surface area contributed by atoms with Gasteiger partial charge in [0, 0.05) is 18.3 Å². The van der Waals surface area contributed by atoms with Gasteiger partial charge in [0.2, 0.25) is 0 Å². The van der Waals surface area contributed by atoms with E-state index in [1.807, 2.05) is 38.1 Å². The van der Waals surface area contributed by atoms with Crippen LogP contribution in [0.2, 0.25) is 0 Å². The van der Waals surface area contributed by atoms with E-state index in [-0.39, 0.29) is 11.9 Å². The van der Waals surface area contributed by atoms with Crippen LogP contribution in [0, 0.1) is 0 Å². The number of aromatic nitrogens is 3. The van der Waals surface area contributed by atoms with E-state index >= 15 is 0 Å². The standard InChI is InChI=1S/C19H21N5O2/c1-13(2)24-17(10-12-21-24)23-19(25)14-7-6-11-20-18(14)22-15-8-4-5-9-16(15)26-3/h4-13H,1-3H3,(H,20,22)(H,23,25). The summed E-state index contributed by atoms with van der Waals surface area (Å²) in [6.45, 7) is 4.00. The van der Waals surface area contributed by atoms with E-state index in [2.05, 4.69) is 20.7 Å². The predicted octanol–water partition coefficient (Wildman–Crippen LogP) is 3.86. The molecular weight excluding hydrogens is 330 g/mol. The van der Waals surface area contributed by atoms with Crippen molar-refractivity contribution in [2.75, 3.05) is 17.7 Å². The third-order valence-corrected chi connectivity index (χ3v) is 3.81. The van der Waals surface area contributed by atoms with E-state index in [0.29, 0.717) is 22.9 Å². The zero-order chi connectivity index (χ0) is 18.5. The average molecular weight is 351 g/mol. The number of nitrogens with one attached hydrogen (secondary N) is 2. The number of amides is 1. The van der Waals surface area contributed by atoms with Crippen LogP contribution in [-0.4, -0.2) is 27.8 Å². The summed E-state index contributed by atoms with van der Waals surface area (Å²) in [7, 11) is 1.60. The fraction of sp³-hybridized carbons (Fsp3) is 0.211. The van der Waals surface area contributed by atoms with Gasteiger partial charge in [-0.25, -0.2) is 9.67 Å². The number of rotatable bonds is 6. The van der Waals surface area contributed by atoms with Crippen LogP contribution in [0.4, 0.5) is 17.3 Å². The fourth-order valence-electron chi connectivity index (χ4n) is 2.57. The van der Waals surface area contributed by atoms with Gasteiger partial charge in [-0.15, -0.1) is 0 Å². The van der Waals surface area contributed by atoms with Gasteiger partial charge in [-0.1, -0.05) is 12.1 Å². The summed E-state index contributed by atoms with van der Waals surface area (Å²) < 4.78 is 7.09. The van der Waals surface area contributed by atoms with Crippen LogP contribution in [0.15, 0.2) is 54.9 Å². The molecule has 0 saturated carbocycles. The molecule has 0 atom stereocenters. The number of carbonyl (C=O) groups is 1. The first-order valence-electron chi connectivity index (χ1n) is 8.30. The molecule has 1 aromatic carbocycles. The summed E-state index contributed by atoms with van der Waals surface area (Å²) in [5, 5.41) is 10.3. The Labute approximate surface area is 152 Å². The molecule has 0 fully saturated rings. The Morgan fingerprint density at radius 2 is 1.92 bits per heavy atom. The summed E-state index contributed by atoms with van der Waals surface area (Å²) in [5.41, 5.74) is 1.16. The Morgan fingerprint density at radius 3 is 2.69 bits per heavy atom. The number of hydrogen-bond acceptors (Lipinski definition) is 5. The number of methoxy groups -OCH3 is 1. The second kappa shape index (κ2) is 7.69. The molecule has 0 aliphatic rings. The first-order chi connectivity index (χ1) is 12.6. The van der Waals surface area contributed by atoms with Crippen molar-refractivity contribution in [2.45, 2.75) is 19.9 Å². The molecule has 0 unspecified atom stereocenters. The molecular formula is C19H21N5O2. The molecule has 3 aromatic rings. The van der Waals surface area contributed by atoms with Crippen LogP contribution in [-0.2, 0) is 0 Å². The summed E-state index contributed by atoms with van der Waals surface area (Å²) in [6, 6.07) is 12.8. The van der Waals surface area contributed by atoms with Crippen molar-refractivity contribution in [1.82, 2.24) is 14.8 Å². The Hall–Kier alpha value is -3.35. The van der Waals surface area contributed by atoms with E-state index < -0.39 is 0 Å². The number of hydrogen-bond donors (Lipinski definition) is 2. The third-order valence-electron chi connectivity index (χ3n) is 3.81. The highest BCUT2D eigenvalue weighted by Crippen LogP contribution is 2.28. The van der Waals surface area contributed by atoms with Crippen LogP contribution in [0.5, 0.6) is 5.75 Å². The fourth-order valence-corrected chi connectivity index (χ4v) is 2.57. The summed E-state index contributed by atoms with van der Waals surface area (Å²) in [6.07, 6.45) is 3.29.